The van der Waals surface area contributed by atoms with Gasteiger partial charge >= 0.3 is 26.7 Å². The molecule has 4 aliphatic heterocycles. The maximum Gasteiger partial charge on any atom is 0.351 e. The molecule has 4 aliphatic rings. The quantitative estimate of drug-likeness (QED) is 0.0773. The van der Waals surface area contributed by atoms with Crippen molar-refractivity contribution >= 4 is 56.2 Å². The van der Waals surface area contributed by atoms with Gasteiger partial charge in [-0.1, -0.05) is 57.2 Å². The largest absolute Gasteiger partial charge is 0.352 e. The number of aromatic nitrogens is 6. The van der Waals surface area contributed by atoms with Gasteiger partial charge in [-0.15, -0.1) is 0 Å². The lowest BCUT2D eigenvalue weighted by Crippen LogP contribution is -2.51. The molecule has 7 heterocycles. The highest BCUT2D eigenvalue weighted by Crippen LogP contribution is 2.57. The van der Waals surface area contributed by atoms with Crippen LogP contribution in [0.2, 0.25) is 0 Å². The number of Topliss-reactive ketones (excluding diaryl/α,β-unsaturated/α-hetero) is 1. The number of aliphatic imine (C=N–C) groups is 1. The fourth-order valence-corrected chi connectivity index (χ4v) is 13.5. The Morgan fingerprint density at radius 2 is 1.21 bits per heavy atom. The summed E-state index contributed by atoms with van der Waals surface area (Å²) >= 11 is 0. The van der Waals surface area contributed by atoms with E-state index in [1.165, 1.54) is 43.0 Å². The monoisotopic (exact) mass is 1160 g/mol. The molecule has 8 atom stereocenters. The van der Waals surface area contributed by atoms with E-state index in [4.69, 9.17) is 23.3 Å². The number of rotatable bonds is 20. The van der Waals surface area contributed by atoms with Gasteiger partial charge in [0.15, 0.2) is 18.2 Å². The Labute approximate surface area is 468 Å². The number of anilines is 3. The zero-order chi connectivity index (χ0) is 57.6. The number of amidine groups is 1. The van der Waals surface area contributed by atoms with Gasteiger partial charge in [0.25, 0.3) is 11.8 Å². The number of ether oxygens (including phenoxy) is 3. The Kier molecular flexibility index (Phi) is 18.8. The minimum absolute atomic E-state index is 0.0115. The summed E-state index contributed by atoms with van der Waals surface area (Å²) in [5, 5.41) is 11.9. The van der Waals surface area contributed by atoms with Crippen molar-refractivity contribution in [2.75, 3.05) is 103 Å². The first-order chi connectivity index (χ1) is 38.8. The van der Waals surface area contributed by atoms with Gasteiger partial charge in [0.05, 0.1) is 57.4 Å². The molecule has 0 unspecified atom stereocenters. The number of fused-ring (bicyclic) bond motifs is 1. The first kappa shape index (κ1) is 59.2. The van der Waals surface area contributed by atoms with Crippen molar-refractivity contribution in [3.8, 4) is 0 Å². The minimum atomic E-state index is -4.06. The predicted molar refractivity (Wildman–Crippen MR) is 300 cm³/mol. The van der Waals surface area contributed by atoms with Crippen LogP contribution in [0.25, 0.3) is 0 Å². The second kappa shape index (κ2) is 25.8. The van der Waals surface area contributed by atoms with E-state index in [1.54, 1.807) is 109 Å². The number of ketones is 1. The SMILES string of the molecule is CC[C@@H]1CN([P@@](=O)(OC[C@@H]2CN([P@@](=O)(OC[C@@H]3CNC[C@H](n4cnc5c4NC(=NCC(C)C)CC5=O)O3)N(C)C)C[C@H](n3ccc(NC(=O)c4ccccc4)nc3=O)O2)N(C)C)C[C@H](n2ccc(NC(=O)c3ccccc3)nc2=O)O1. The Morgan fingerprint density at radius 3 is 1.72 bits per heavy atom. The van der Waals surface area contributed by atoms with E-state index >= 15 is 9.13 Å². The number of amides is 2. The first-order valence-electron chi connectivity index (χ1n) is 26.7. The van der Waals surface area contributed by atoms with Crippen LogP contribution in [0.15, 0.2) is 106 Å². The van der Waals surface area contributed by atoms with Crippen LogP contribution in [-0.4, -0.2) is 176 Å². The third kappa shape index (κ3) is 13.7. The van der Waals surface area contributed by atoms with Crippen LogP contribution in [0.3, 0.4) is 0 Å². The molecule has 9 rings (SSSR count). The number of carbonyl (C=O) groups is 3. The Bertz CT molecular complexity index is 3310. The molecular formula is C52H69N15O12P2. The van der Waals surface area contributed by atoms with E-state index in [0.717, 1.165) is 0 Å². The summed E-state index contributed by atoms with van der Waals surface area (Å²) in [7, 11) is -1.68. The van der Waals surface area contributed by atoms with Crippen LogP contribution in [0.1, 0.15) is 83.5 Å². The van der Waals surface area contributed by atoms with Crippen molar-refractivity contribution in [1.29, 1.82) is 0 Å². The molecule has 3 aromatic heterocycles. The number of benzene rings is 2. The number of morpholine rings is 3. The molecule has 0 saturated carbocycles. The summed E-state index contributed by atoms with van der Waals surface area (Å²) in [5.74, 6) is 0.243. The van der Waals surface area contributed by atoms with Crippen molar-refractivity contribution in [1.82, 2.24) is 52.7 Å². The van der Waals surface area contributed by atoms with Gasteiger partial charge in [0.1, 0.15) is 35.2 Å². The molecule has 81 heavy (non-hydrogen) atoms. The lowest BCUT2D eigenvalue weighted by molar-refractivity contribution is -0.125. The molecule has 2 amide bonds. The van der Waals surface area contributed by atoms with E-state index < -0.39 is 75.5 Å². The van der Waals surface area contributed by atoms with Crippen molar-refractivity contribution < 1.29 is 46.8 Å². The van der Waals surface area contributed by atoms with Gasteiger partial charge in [-0.05, 0) is 76.9 Å². The molecule has 5 aromatic rings. The number of imidazole rings is 1. The number of nitrogens with zero attached hydrogens (tertiary/aromatic N) is 11. The van der Waals surface area contributed by atoms with Crippen molar-refractivity contribution in [3.05, 3.63) is 129 Å². The lowest BCUT2D eigenvalue weighted by Gasteiger charge is -2.45. The summed E-state index contributed by atoms with van der Waals surface area (Å²) in [6.07, 6.45) is 0.0349. The Morgan fingerprint density at radius 1 is 0.704 bits per heavy atom. The number of hydrogen-bond acceptors (Lipinski definition) is 17. The molecule has 0 radical (unpaired) electrons. The molecule has 3 saturated heterocycles. The highest BCUT2D eigenvalue weighted by atomic mass is 31.2. The maximum atomic E-state index is 15.6. The zero-order valence-corrected chi connectivity index (χ0v) is 48.0. The van der Waals surface area contributed by atoms with E-state index in [1.807, 2.05) is 20.8 Å². The molecule has 3 fully saturated rings. The third-order valence-corrected chi connectivity index (χ3v) is 18.9. The molecule has 0 spiro atoms. The van der Waals surface area contributed by atoms with Crippen LogP contribution < -0.4 is 32.6 Å². The van der Waals surface area contributed by atoms with Gasteiger partial charge in [0, 0.05) is 56.2 Å². The predicted octanol–water partition coefficient (Wildman–Crippen LogP) is 4.62. The first-order valence-corrected chi connectivity index (χ1v) is 29.7. The van der Waals surface area contributed by atoms with Crippen LogP contribution >= 0.6 is 15.3 Å². The maximum absolute atomic E-state index is 15.6. The van der Waals surface area contributed by atoms with Gasteiger partial charge in [-0.25, -0.2) is 33.3 Å². The van der Waals surface area contributed by atoms with Crippen LogP contribution in [0.5, 0.6) is 0 Å². The summed E-state index contributed by atoms with van der Waals surface area (Å²) in [4.78, 5) is 83.8. The van der Waals surface area contributed by atoms with E-state index in [0.29, 0.717) is 54.8 Å². The average Bonchev–Trinajstić information content (AvgIpc) is 4.15. The second-order valence-corrected chi connectivity index (χ2v) is 25.8. The van der Waals surface area contributed by atoms with E-state index in [9.17, 15) is 24.0 Å². The summed E-state index contributed by atoms with van der Waals surface area (Å²) in [5.41, 5.74) is -0.485. The zero-order valence-electron chi connectivity index (χ0n) is 46.2. The van der Waals surface area contributed by atoms with Crippen LogP contribution in [0, 0.1) is 5.92 Å². The van der Waals surface area contributed by atoms with E-state index in [2.05, 4.69) is 41.2 Å². The summed E-state index contributed by atoms with van der Waals surface area (Å²) in [6, 6.07) is 19.9. The molecule has 4 N–H and O–H groups in total. The fraction of sp³-hybridized carbons (Fsp3) is 0.481. The molecule has 0 bridgehead atoms. The van der Waals surface area contributed by atoms with Crippen molar-refractivity contribution in [2.45, 2.75) is 70.6 Å². The van der Waals surface area contributed by atoms with Crippen LogP contribution in [-0.2, 0) is 32.4 Å². The molecule has 27 nitrogen and oxygen atoms in total. The van der Waals surface area contributed by atoms with Gasteiger partial charge < -0.3 is 44.5 Å². The molecule has 29 heteroatoms. The summed E-state index contributed by atoms with van der Waals surface area (Å²) < 4.78 is 73.7. The molecular weight excluding hydrogens is 1090 g/mol. The molecule has 2 aromatic carbocycles. The van der Waals surface area contributed by atoms with E-state index in [-0.39, 0.29) is 68.9 Å². The normalized spacial score (nSPS) is 23.9. The van der Waals surface area contributed by atoms with Gasteiger partial charge in [-0.2, -0.15) is 9.97 Å². The number of carbonyl (C=O) groups excluding carboxylic acids is 3. The Balaban J connectivity index is 0.944. The van der Waals surface area contributed by atoms with Crippen LogP contribution in [0.4, 0.5) is 17.5 Å². The second-order valence-electron chi connectivity index (χ2n) is 20.6. The minimum Gasteiger partial charge on any atom is -0.352 e. The fourth-order valence-electron chi connectivity index (χ4n) is 9.51. The topological polar surface area (TPSA) is 293 Å². The highest BCUT2D eigenvalue weighted by Gasteiger charge is 2.46. The number of hydrogen-bond donors (Lipinski definition) is 4. The Hall–Kier alpha value is -6.45. The van der Waals surface area contributed by atoms with Gasteiger partial charge in [-0.3, -0.25) is 42.2 Å². The average molecular weight is 1160 g/mol. The standard InChI is InChI=1S/C52H69N15O12P2/c1-8-37-27-63(29-45(77-37)65-21-19-41(59-51(65)71)57-49(69)35-15-11-9-12-16-35)80(73,61(4)5)76-32-39-28-64(30-46(79-39)66-22-20-42(60-52(66)72)58-50(70)36-17-13-10-14-18-36)81(74,62(6)7)75-31-38-25-53-26-44(78-38)67-33-55-47-40(68)23-43(56-48(47)67)54-24-34(2)3/h9-22,33-34,37-39,44-46,53H,8,23-32H2,1-7H3,(H,54,56)(H,57,59,69,71)(H,58,60,70,72)/t37-,38+,39+,44-,45-,46-,80+,81+/m1/s1. The van der Waals surface area contributed by atoms with Gasteiger partial charge in [0.2, 0.25) is 0 Å². The van der Waals surface area contributed by atoms with Crippen molar-refractivity contribution in [3.63, 3.8) is 0 Å². The smallest absolute Gasteiger partial charge is 0.351 e. The third-order valence-electron chi connectivity index (χ3n) is 13.8. The molecule has 0 aliphatic carbocycles. The molecule has 434 valence electrons. The number of nitrogens with one attached hydrogen (secondary N) is 4. The van der Waals surface area contributed by atoms with Crippen molar-refractivity contribution in [2.24, 2.45) is 10.9 Å². The summed E-state index contributed by atoms with van der Waals surface area (Å²) in [6.45, 7) is 6.51. The highest BCUT2D eigenvalue weighted by molar-refractivity contribution is 7.54. The lowest BCUT2D eigenvalue weighted by atomic mass is 10.1.